The number of carbonyl (C=O) groups is 2. The number of nitrogens with one attached hydrogen (secondary N) is 1. The van der Waals surface area contributed by atoms with Gasteiger partial charge < -0.3 is 15.3 Å². The van der Waals surface area contributed by atoms with Crippen LogP contribution < -0.4 is 5.32 Å². The van der Waals surface area contributed by atoms with E-state index in [-0.39, 0.29) is 6.03 Å². The van der Waals surface area contributed by atoms with Gasteiger partial charge >= 0.3 is 12.0 Å². The van der Waals surface area contributed by atoms with Crippen LogP contribution in [0.3, 0.4) is 0 Å². The van der Waals surface area contributed by atoms with Gasteiger partial charge in [0.1, 0.15) is 11.0 Å². The van der Waals surface area contributed by atoms with Crippen molar-refractivity contribution in [2.24, 2.45) is 5.92 Å². The topological polar surface area (TPSA) is 82.5 Å². The zero-order valence-electron chi connectivity index (χ0n) is 11.6. The van der Waals surface area contributed by atoms with E-state index in [2.05, 4.69) is 10.3 Å². The number of aliphatic carboxylic acids is 1. The first kappa shape index (κ1) is 14.8. The number of aryl methyl sites for hydroxylation is 1. The van der Waals surface area contributed by atoms with Gasteiger partial charge in [-0.1, -0.05) is 6.92 Å². The molecule has 20 heavy (non-hydrogen) atoms. The summed E-state index contributed by atoms with van der Waals surface area (Å²) in [7, 11) is 0. The summed E-state index contributed by atoms with van der Waals surface area (Å²) in [6.45, 7) is 4.80. The van der Waals surface area contributed by atoms with Crippen molar-refractivity contribution in [3.05, 3.63) is 16.1 Å². The maximum absolute atomic E-state index is 12.1. The Labute approximate surface area is 121 Å². The first-order valence-electron chi connectivity index (χ1n) is 6.66. The van der Waals surface area contributed by atoms with Gasteiger partial charge in [0, 0.05) is 17.6 Å². The minimum Gasteiger partial charge on any atom is -0.480 e. The molecule has 0 aromatic carbocycles. The molecule has 7 heteroatoms. The van der Waals surface area contributed by atoms with Crippen LogP contribution in [0.25, 0.3) is 0 Å². The van der Waals surface area contributed by atoms with Crippen LogP contribution in [0.1, 0.15) is 29.7 Å². The third-order valence-electron chi connectivity index (χ3n) is 3.47. The number of carbonyl (C=O) groups excluding carboxylic acids is 1. The van der Waals surface area contributed by atoms with Crippen LogP contribution in [0.4, 0.5) is 4.79 Å². The van der Waals surface area contributed by atoms with Crippen LogP contribution in [0, 0.1) is 12.8 Å². The van der Waals surface area contributed by atoms with Crippen molar-refractivity contribution in [3.63, 3.8) is 0 Å². The van der Waals surface area contributed by atoms with E-state index in [1.54, 1.807) is 6.20 Å². The summed E-state index contributed by atoms with van der Waals surface area (Å²) in [5.41, 5.74) is 0. The lowest BCUT2D eigenvalue weighted by Crippen LogP contribution is -2.53. The average molecular weight is 297 g/mol. The molecule has 1 aromatic rings. The summed E-state index contributed by atoms with van der Waals surface area (Å²) in [4.78, 5) is 30.1. The molecule has 0 spiro atoms. The fourth-order valence-corrected chi connectivity index (χ4v) is 3.08. The van der Waals surface area contributed by atoms with Gasteiger partial charge in [0.2, 0.25) is 0 Å². The number of thiazole rings is 1. The van der Waals surface area contributed by atoms with Gasteiger partial charge in [-0.2, -0.15) is 0 Å². The molecule has 0 bridgehead atoms. The number of carboxylic acid groups (broad SMARTS) is 1. The number of hydrogen-bond acceptors (Lipinski definition) is 4. The van der Waals surface area contributed by atoms with Gasteiger partial charge in [-0.15, -0.1) is 11.3 Å². The Kier molecular flexibility index (Phi) is 4.59. The molecule has 1 aromatic heterocycles. The number of nitrogens with zero attached hydrogens (tertiary/aromatic N) is 2. The lowest BCUT2D eigenvalue weighted by Gasteiger charge is -2.35. The predicted molar refractivity (Wildman–Crippen MR) is 75.6 cm³/mol. The molecule has 1 saturated heterocycles. The largest absolute Gasteiger partial charge is 0.480 e. The van der Waals surface area contributed by atoms with Gasteiger partial charge in [-0.3, -0.25) is 0 Å². The van der Waals surface area contributed by atoms with Crippen LogP contribution in [0.5, 0.6) is 0 Å². The third kappa shape index (κ3) is 3.47. The van der Waals surface area contributed by atoms with E-state index in [1.165, 1.54) is 16.2 Å². The first-order chi connectivity index (χ1) is 9.47. The molecule has 2 atom stereocenters. The smallest absolute Gasteiger partial charge is 0.326 e. The van der Waals surface area contributed by atoms with E-state index in [4.69, 9.17) is 0 Å². The second-order valence-corrected chi connectivity index (χ2v) is 6.52. The first-order valence-corrected chi connectivity index (χ1v) is 7.47. The summed E-state index contributed by atoms with van der Waals surface area (Å²) in [5, 5.41) is 12.8. The Bertz CT molecular complexity index is 503. The highest BCUT2D eigenvalue weighted by Crippen LogP contribution is 2.22. The molecule has 2 unspecified atom stereocenters. The quantitative estimate of drug-likeness (QED) is 0.892. The molecule has 1 aliphatic heterocycles. The van der Waals surface area contributed by atoms with Crippen molar-refractivity contribution in [2.45, 2.75) is 39.3 Å². The molecular formula is C13H19N3O3S. The molecule has 1 aliphatic rings. The standard InChI is InChI=1S/C13H19N3O3S/c1-8-3-4-16(10(5-8)12(17)18)13(19)15-7-11-14-6-9(2)20-11/h6,8,10H,3-5,7H2,1-2H3,(H,15,19)(H,17,18). The Morgan fingerprint density at radius 2 is 2.35 bits per heavy atom. The molecule has 0 radical (unpaired) electrons. The highest BCUT2D eigenvalue weighted by Gasteiger charge is 2.34. The Morgan fingerprint density at radius 1 is 1.60 bits per heavy atom. The zero-order chi connectivity index (χ0) is 14.7. The molecule has 1 fully saturated rings. The zero-order valence-corrected chi connectivity index (χ0v) is 12.4. The molecule has 2 heterocycles. The average Bonchev–Trinajstić information content (AvgIpc) is 2.81. The Balaban J connectivity index is 1.94. The lowest BCUT2D eigenvalue weighted by atomic mass is 9.93. The van der Waals surface area contributed by atoms with Crippen LogP contribution in [-0.2, 0) is 11.3 Å². The lowest BCUT2D eigenvalue weighted by molar-refractivity contribution is -0.143. The number of likely N-dealkylation sites (tertiary alicyclic amines) is 1. The number of urea groups is 1. The van der Waals surface area contributed by atoms with Crippen molar-refractivity contribution in [1.82, 2.24) is 15.2 Å². The van der Waals surface area contributed by atoms with Crippen molar-refractivity contribution < 1.29 is 14.7 Å². The van der Waals surface area contributed by atoms with Gasteiger partial charge in [0.15, 0.2) is 0 Å². The van der Waals surface area contributed by atoms with Gasteiger partial charge in [-0.05, 0) is 25.7 Å². The maximum Gasteiger partial charge on any atom is 0.326 e. The number of rotatable bonds is 3. The van der Waals surface area contributed by atoms with Crippen molar-refractivity contribution >= 4 is 23.3 Å². The Hall–Kier alpha value is -1.63. The van der Waals surface area contributed by atoms with Crippen molar-refractivity contribution in [1.29, 1.82) is 0 Å². The number of aromatic nitrogens is 1. The second-order valence-electron chi connectivity index (χ2n) is 5.20. The molecule has 2 N–H and O–H groups in total. The van der Waals surface area contributed by atoms with Gasteiger partial charge in [0.05, 0.1) is 6.54 Å². The van der Waals surface area contributed by atoms with E-state index < -0.39 is 12.0 Å². The predicted octanol–water partition coefficient (Wildman–Crippen LogP) is 1.85. The summed E-state index contributed by atoms with van der Waals surface area (Å²) in [5.74, 6) is -0.599. The number of piperidine rings is 1. The minimum absolute atomic E-state index is 0.322. The number of hydrogen-bond donors (Lipinski definition) is 2. The molecule has 110 valence electrons. The van der Waals surface area contributed by atoms with E-state index >= 15 is 0 Å². The van der Waals surface area contributed by atoms with Crippen LogP contribution >= 0.6 is 11.3 Å². The molecule has 2 rings (SSSR count). The summed E-state index contributed by atoms with van der Waals surface area (Å²) in [6, 6.07) is -1.05. The maximum atomic E-state index is 12.1. The second kappa shape index (κ2) is 6.21. The van der Waals surface area contributed by atoms with E-state index in [1.807, 2.05) is 13.8 Å². The normalized spacial score (nSPS) is 22.6. The molecule has 2 amide bonds. The highest BCUT2D eigenvalue weighted by atomic mass is 32.1. The molecule has 6 nitrogen and oxygen atoms in total. The monoisotopic (exact) mass is 297 g/mol. The number of carboxylic acids is 1. The van der Waals surface area contributed by atoms with E-state index in [9.17, 15) is 14.7 Å². The minimum atomic E-state index is -0.934. The fourth-order valence-electron chi connectivity index (χ4n) is 2.35. The van der Waals surface area contributed by atoms with Gasteiger partial charge in [0.25, 0.3) is 0 Å². The Morgan fingerprint density at radius 3 is 2.95 bits per heavy atom. The SMILES string of the molecule is Cc1cnc(CNC(=O)N2CCC(C)CC2C(=O)O)s1. The van der Waals surface area contributed by atoms with Crippen LogP contribution in [0.15, 0.2) is 6.20 Å². The van der Waals surface area contributed by atoms with Crippen molar-refractivity contribution in [2.75, 3.05) is 6.54 Å². The highest BCUT2D eigenvalue weighted by molar-refractivity contribution is 7.11. The van der Waals surface area contributed by atoms with E-state index in [0.717, 1.165) is 16.3 Å². The third-order valence-corrected chi connectivity index (χ3v) is 4.38. The van der Waals surface area contributed by atoms with Crippen molar-refractivity contribution in [3.8, 4) is 0 Å². The molecule has 0 aliphatic carbocycles. The fraction of sp³-hybridized carbons (Fsp3) is 0.615. The molecular weight excluding hydrogens is 278 g/mol. The van der Waals surface area contributed by atoms with Crippen LogP contribution in [0.2, 0.25) is 0 Å². The molecule has 0 saturated carbocycles. The summed E-state index contributed by atoms with van der Waals surface area (Å²) >= 11 is 1.52. The van der Waals surface area contributed by atoms with Gasteiger partial charge in [-0.25, -0.2) is 14.6 Å². The summed E-state index contributed by atoms with van der Waals surface area (Å²) < 4.78 is 0. The summed E-state index contributed by atoms with van der Waals surface area (Å²) in [6.07, 6.45) is 3.11. The number of amides is 2. The van der Waals surface area contributed by atoms with E-state index in [0.29, 0.717) is 25.4 Å². The van der Waals surface area contributed by atoms with Crippen LogP contribution in [-0.4, -0.2) is 39.6 Å².